The Balaban J connectivity index is 0.00000280. The molecule has 3 aromatic rings. The van der Waals surface area contributed by atoms with E-state index in [1.54, 1.807) is 18.4 Å². The van der Waals surface area contributed by atoms with Gasteiger partial charge < -0.3 is 15.1 Å². The van der Waals surface area contributed by atoms with Crippen molar-refractivity contribution >= 4 is 58.0 Å². The van der Waals surface area contributed by atoms with Crippen molar-refractivity contribution in [2.45, 2.75) is 20.0 Å². The normalized spacial score (nSPS) is 11.2. The highest BCUT2D eigenvalue weighted by atomic mass is 127. The van der Waals surface area contributed by atoms with E-state index in [9.17, 15) is 0 Å². The number of pyridine rings is 1. The number of hydrogen-bond donors (Lipinski definition) is 1. The van der Waals surface area contributed by atoms with Crippen molar-refractivity contribution in [1.82, 2.24) is 20.2 Å². The number of guanidine groups is 1. The summed E-state index contributed by atoms with van der Waals surface area (Å²) in [5.74, 6) is 1.79. The van der Waals surface area contributed by atoms with E-state index in [4.69, 9.17) is 4.98 Å². The third-order valence-electron chi connectivity index (χ3n) is 4.32. The molecule has 0 aliphatic carbocycles. The molecule has 0 saturated heterocycles. The molecule has 0 atom stereocenters. The molecular formula is C20H27IN6S. The number of benzene rings is 1. The molecule has 0 saturated carbocycles. The second-order valence-corrected chi connectivity index (χ2v) is 7.73. The van der Waals surface area contributed by atoms with Crippen molar-refractivity contribution < 1.29 is 0 Å². The quantitative estimate of drug-likeness (QED) is 0.321. The van der Waals surface area contributed by atoms with Crippen LogP contribution in [0.3, 0.4) is 0 Å². The smallest absolute Gasteiger partial charge is 0.194 e. The Labute approximate surface area is 187 Å². The Hall–Kier alpha value is -1.94. The number of para-hydroxylation sites is 1. The summed E-state index contributed by atoms with van der Waals surface area (Å²) in [6, 6.07) is 10.4. The number of halogens is 1. The fourth-order valence-corrected chi connectivity index (χ4v) is 3.57. The van der Waals surface area contributed by atoms with Crippen LogP contribution in [0.15, 0.2) is 40.7 Å². The first-order chi connectivity index (χ1) is 13.0. The third-order valence-corrected chi connectivity index (χ3v) is 5.14. The molecule has 0 aliphatic heterocycles. The third kappa shape index (κ3) is 5.32. The average molecular weight is 510 g/mol. The molecule has 1 aromatic carbocycles. The van der Waals surface area contributed by atoms with Crippen LogP contribution in [0, 0.1) is 6.92 Å². The highest BCUT2D eigenvalue weighted by Crippen LogP contribution is 2.22. The van der Waals surface area contributed by atoms with Gasteiger partial charge in [0.05, 0.1) is 22.8 Å². The monoisotopic (exact) mass is 510 g/mol. The molecule has 0 fully saturated rings. The van der Waals surface area contributed by atoms with Gasteiger partial charge in [0, 0.05) is 45.5 Å². The number of thiazole rings is 1. The molecule has 0 spiro atoms. The van der Waals surface area contributed by atoms with Crippen molar-refractivity contribution in [1.29, 1.82) is 0 Å². The van der Waals surface area contributed by atoms with Crippen molar-refractivity contribution in [3.63, 3.8) is 0 Å². The minimum Gasteiger partial charge on any atom is -0.363 e. The van der Waals surface area contributed by atoms with Crippen LogP contribution in [-0.4, -0.2) is 49.0 Å². The van der Waals surface area contributed by atoms with Gasteiger partial charge in [-0.05, 0) is 24.6 Å². The zero-order valence-electron chi connectivity index (χ0n) is 16.9. The van der Waals surface area contributed by atoms with Crippen LogP contribution in [-0.2, 0) is 13.1 Å². The van der Waals surface area contributed by atoms with E-state index in [-0.39, 0.29) is 24.0 Å². The first kappa shape index (κ1) is 22.4. The van der Waals surface area contributed by atoms with Gasteiger partial charge in [0.25, 0.3) is 0 Å². The van der Waals surface area contributed by atoms with Crippen LogP contribution < -0.4 is 10.2 Å². The Bertz CT molecular complexity index is 953. The Morgan fingerprint density at radius 3 is 2.57 bits per heavy atom. The van der Waals surface area contributed by atoms with Gasteiger partial charge in [0.15, 0.2) is 5.96 Å². The number of aromatic nitrogens is 2. The number of aryl methyl sites for hydroxylation is 1. The van der Waals surface area contributed by atoms with E-state index < -0.39 is 0 Å². The van der Waals surface area contributed by atoms with Crippen LogP contribution in [0.5, 0.6) is 0 Å². The van der Waals surface area contributed by atoms with Gasteiger partial charge in [0.1, 0.15) is 5.82 Å². The molecule has 0 radical (unpaired) electrons. The largest absolute Gasteiger partial charge is 0.363 e. The van der Waals surface area contributed by atoms with Crippen LogP contribution >= 0.6 is 35.3 Å². The maximum absolute atomic E-state index is 4.73. The fourth-order valence-electron chi connectivity index (χ4n) is 2.97. The molecule has 0 amide bonds. The number of nitrogens with zero attached hydrogens (tertiary/aromatic N) is 5. The van der Waals surface area contributed by atoms with Crippen LogP contribution in [0.2, 0.25) is 0 Å². The van der Waals surface area contributed by atoms with Gasteiger partial charge in [-0.1, -0.05) is 18.2 Å². The van der Waals surface area contributed by atoms with Crippen LogP contribution in [0.1, 0.15) is 16.3 Å². The predicted octanol–water partition coefficient (Wildman–Crippen LogP) is 3.89. The fraction of sp³-hybridized carbons (Fsp3) is 0.350. The molecule has 2 aromatic heterocycles. The number of fused-ring (bicyclic) bond motifs is 1. The molecule has 150 valence electrons. The summed E-state index contributed by atoms with van der Waals surface area (Å²) in [5, 5.41) is 7.81. The number of rotatable bonds is 5. The van der Waals surface area contributed by atoms with Crippen molar-refractivity contribution in [2.24, 2.45) is 4.99 Å². The second kappa shape index (κ2) is 10.0. The lowest BCUT2D eigenvalue weighted by atomic mass is 10.1. The molecule has 0 bridgehead atoms. The average Bonchev–Trinajstić information content (AvgIpc) is 3.06. The Morgan fingerprint density at radius 1 is 1.18 bits per heavy atom. The summed E-state index contributed by atoms with van der Waals surface area (Å²) in [7, 11) is 7.86. The summed E-state index contributed by atoms with van der Waals surface area (Å²) in [6.45, 7) is 3.43. The summed E-state index contributed by atoms with van der Waals surface area (Å²) in [4.78, 5) is 17.8. The maximum atomic E-state index is 4.73. The molecule has 6 nitrogen and oxygen atoms in total. The van der Waals surface area contributed by atoms with Crippen LogP contribution in [0.25, 0.3) is 10.9 Å². The highest BCUT2D eigenvalue weighted by Gasteiger charge is 2.11. The SMILES string of the molecule is CN=C(NCc1cc(N(C)C)nc2ccccc12)N(C)Cc1csc(C)n1.I. The topological polar surface area (TPSA) is 56.7 Å². The van der Waals surface area contributed by atoms with Gasteiger partial charge in [-0.2, -0.15) is 0 Å². The summed E-state index contributed by atoms with van der Waals surface area (Å²) in [5.41, 5.74) is 3.26. The number of anilines is 1. The number of aliphatic imine (C=N–C) groups is 1. The standard InChI is InChI=1S/C20H26N6S.HI/c1-14-23-16(13-27-14)12-26(5)20(21-2)22-11-15-10-19(25(3)4)24-18-9-7-6-8-17(15)18;/h6-10,13H,11-12H2,1-5H3,(H,21,22);1H. The Morgan fingerprint density at radius 2 is 1.93 bits per heavy atom. The zero-order valence-corrected chi connectivity index (χ0v) is 20.1. The van der Waals surface area contributed by atoms with E-state index in [1.807, 2.05) is 45.1 Å². The van der Waals surface area contributed by atoms with Gasteiger partial charge in [0.2, 0.25) is 0 Å². The highest BCUT2D eigenvalue weighted by molar-refractivity contribution is 14.0. The van der Waals surface area contributed by atoms with E-state index in [0.29, 0.717) is 6.54 Å². The molecule has 8 heteroatoms. The van der Waals surface area contributed by atoms with Crippen molar-refractivity contribution in [2.75, 3.05) is 33.1 Å². The molecule has 2 heterocycles. The summed E-state index contributed by atoms with van der Waals surface area (Å²) >= 11 is 1.67. The molecule has 0 unspecified atom stereocenters. The van der Waals surface area contributed by atoms with Crippen molar-refractivity contribution in [3.8, 4) is 0 Å². The van der Waals surface area contributed by atoms with Crippen molar-refractivity contribution in [3.05, 3.63) is 52.0 Å². The van der Waals surface area contributed by atoms with E-state index in [1.165, 1.54) is 5.56 Å². The van der Waals surface area contributed by atoms with E-state index in [0.717, 1.165) is 39.9 Å². The summed E-state index contributed by atoms with van der Waals surface area (Å²) in [6.07, 6.45) is 0. The number of hydrogen-bond acceptors (Lipinski definition) is 5. The molecule has 0 aliphatic rings. The van der Waals surface area contributed by atoms with Gasteiger partial charge in [-0.15, -0.1) is 35.3 Å². The zero-order chi connectivity index (χ0) is 19.4. The first-order valence-electron chi connectivity index (χ1n) is 8.86. The maximum Gasteiger partial charge on any atom is 0.194 e. The molecule has 3 rings (SSSR count). The predicted molar refractivity (Wildman–Crippen MR) is 130 cm³/mol. The van der Waals surface area contributed by atoms with Gasteiger partial charge in [-0.25, -0.2) is 9.97 Å². The number of nitrogens with one attached hydrogen (secondary N) is 1. The second-order valence-electron chi connectivity index (χ2n) is 6.67. The lowest BCUT2D eigenvalue weighted by Gasteiger charge is -2.22. The molecule has 28 heavy (non-hydrogen) atoms. The minimum absolute atomic E-state index is 0. The van der Waals surface area contributed by atoms with Gasteiger partial charge >= 0.3 is 0 Å². The summed E-state index contributed by atoms with van der Waals surface area (Å²) < 4.78 is 0. The molecular weight excluding hydrogens is 483 g/mol. The Kier molecular flexibility index (Phi) is 7.99. The van der Waals surface area contributed by atoms with E-state index >= 15 is 0 Å². The lowest BCUT2D eigenvalue weighted by molar-refractivity contribution is 0.471. The van der Waals surface area contributed by atoms with E-state index in [2.05, 4.69) is 43.8 Å². The lowest BCUT2D eigenvalue weighted by Crippen LogP contribution is -2.38. The van der Waals surface area contributed by atoms with Gasteiger partial charge in [-0.3, -0.25) is 4.99 Å². The minimum atomic E-state index is 0. The first-order valence-corrected chi connectivity index (χ1v) is 9.74. The molecule has 1 N–H and O–H groups in total. The van der Waals surface area contributed by atoms with Crippen LogP contribution in [0.4, 0.5) is 5.82 Å².